The SMILES string of the molecule is CCCCC1(CC(C)(C)N(C)[Si](C)=O)c2ccccc2CC1(C)C.Cl.Cl.[Ti]. The monoisotopic (exact) mass is 465 g/mol. The van der Waals surface area contributed by atoms with Crippen LogP contribution in [-0.2, 0) is 38.0 Å². The van der Waals surface area contributed by atoms with Crippen LogP contribution >= 0.6 is 24.8 Å². The van der Waals surface area contributed by atoms with Gasteiger partial charge in [-0.05, 0) is 56.2 Å². The normalized spacial score (nSPS) is 19.8. The molecule has 1 aliphatic carbocycles. The first-order valence-corrected chi connectivity index (χ1v) is 11.3. The zero-order valence-corrected chi connectivity index (χ0v) is 22.2. The van der Waals surface area contributed by atoms with Crippen molar-refractivity contribution >= 4 is 33.7 Å². The molecule has 0 saturated heterocycles. The van der Waals surface area contributed by atoms with E-state index in [-0.39, 0.29) is 62.9 Å². The van der Waals surface area contributed by atoms with E-state index >= 15 is 0 Å². The van der Waals surface area contributed by atoms with Gasteiger partial charge in [-0.1, -0.05) is 57.9 Å². The smallest absolute Gasteiger partial charge is 0.375 e. The Morgan fingerprint density at radius 3 is 2.26 bits per heavy atom. The van der Waals surface area contributed by atoms with E-state index in [0.717, 1.165) is 12.8 Å². The van der Waals surface area contributed by atoms with Crippen molar-refractivity contribution < 1.29 is 26.2 Å². The van der Waals surface area contributed by atoms with Crippen molar-refractivity contribution in [3.05, 3.63) is 35.4 Å². The summed E-state index contributed by atoms with van der Waals surface area (Å²) in [5.74, 6) is 0. The number of hydrogen-bond donors (Lipinski definition) is 0. The van der Waals surface area contributed by atoms with Crippen molar-refractivity contribution in [1.82, 2.24) is 4.57 Å². The summed E-state index contributed by atoms with van der Waals surface area (Å²) in [5, 5.41) is 0. The predicted molar refractivity (Wildman–Crippen MR) is 118 cm³/mol. The molecule has 1 aromatic carbocycles. The molecule has 0 bridgehead atoms. The fraction of sp³-hybridized carbons (Fsp3) is 0.714. The molecular weight excluding hydrogens is 429 g/mol. The zero-order chi connectivity index (χ0) is 18.2. The molecular formula is C21H37Cl2NOSiTi. The second-order valence-corrected chi connectivity index (χ2v) is 10.7. The van der Waals surface area contributed by atoms with Crippen molar-refractivity contribution in [1.29, 1.82) is 0 Å². The number of nitrogens with zero attached hydrogens (tertiary/aromatic N) is 1. The minimum absolute atomic E-state index is 0. The van der Waals surface area contributed by atoms with E-state index in [2.05, 4.69) is 63.4 Å². The Hall–Kier alpha value is 0.331. The van der Waals surface area contributed by atoms with E-state index in [9.17, 15) is 4.46 Å². The molecule has 2 rings (SSSR count). The largest absolute Gasteiger partial charge is 0.391 e. The Morgan fingerprint density at radius 2 is 1.74 bits per heavy atom. The van der Waals surface area contributed by atoms with Crippen molar-refractivity contribution in [2.75, 3.05) is 7.05 Å². The van der Waals surface area contributed by atoms with Gasteiger partial charge in [0, 0.05) is 39.7 Å². The van der Waals surface area contributed by atoms with Crippen molar-refractivity contribution in [2.24, 2.45) is 5.41 Å². The van der Waals surface area contributed by atoms with Crippen LogP contribution < -0.4 is 0 Å². The molecule has 1 aromatic rings. The molecule has 0 fully saturated rings. The molecule has 154 valence electrons. The fourth-order valence-corrected chi connectivity index (χ4v) is 5.74. The van der Waals surface area contributed by atoms with E-state index in [1.807, 2.05) is 13.6 Å². The molecule has 1 unspecified atom stereocenters. The van der Waals surface area contributed by atoms with Gasteiger partial charge in [0.15, 0.2) is 0 Å². The van der Waals surface area contributed by atoms with Gasteiger partial charge in [0.05, 0.1) is 0 Å². The van der Waals surface area contributed by atoms with Crippen LogP contribution in [0, 0.1) is 5.41 Å². The molecule has 6 heteroatoms. The molecule has 0 amide bonds. The van der Waals surface area contributed by atoms with Crippen LogP contribution in [0.2, 0.25) is 6.55 Å². The average Bonchev–Trinajstić information content (AvgIpc) is 2.71. The minimum Gasteiger partial charge on any atom is -0.375 e. The fourth-order valence-electron chi connectivity index (χ4n) is 4.81. The first kappa shape index (κ1) is 29.5. The second-order valence-electron chi connectivity index (χ2n) is 8.97. The molecule has 0 heterocycles. The summed E-state index contributed by atoms with van der Waals surface area (Å²) >= 11 is 0. The summed E-state index contributed by atoms with van der Waals surface area (Å²) in [6.07, 6.45) is 5.90. The standard InChI is InChI=1S/C21H35NOSi.2ClH.Ti/c1-8-9-14-21(16-20(4,5)22(6)24(7)23)18-13-11-10-12-17(18)15-19(21,2)3;;;/h10-13H,8-9,14-16H2,1-7H3;2*1H;. The van der Waals surface area contributed by atoms with Crippen LogP contribution in [0.25, 0.3) is 0 Å². The first-order valence-electron chi connectivity index (χ1n) is 9.40. The van der Waals surface area contributed by atoms with Gasteiger partial charge in [0.1, 0.15) is 0 Å². The number of halogens is 2. The second kappa shape index (κ2) is 10.9. The Kier molecular flexibility index (Phi) is 11.9. The Morgan fingerprint density at radius 1 is 1.19 bits per heavy atom. The third-order valence-corrected chi connectivity index (χ3v) is 8.08. The van der Waals surface area contributed by atoms with Gasteiger partial charge in [-0.3, -0.25) is 0 Å². The average molecular weight is 466 g/mol. The van der Waals surface area contributed by atoms with Gasteiger partial charge >= 0.3 is 8.84 Å². The molecule has 1 aliphatic rings. The van der Waals surface area contributed by atoms with E-state index < -0.39 is 8.84 Å². The molecule has 1 atom stereocenters. The van der Waals surface area contributed by atoms with Crippen LogP contribution in [0.15, 0.2) is 24.3 Å². The molecule has 0 spiro atoms. The quantitative estimate of drug-likeness (QED) is 0.447. The van der Waals surface area contributed by atoms with Crippen molar-refractivity contribution in [3.63, 3.8) is 0 Å². The first-order chi connectivity index (χ1) is 11.1. The molecule has 0 radical (unpaired) electrons. The van der Waals surface area contributed by atoms with Gasteiger partial charge < -0.3 is 9.03 Å². The molecule has 0 aliphatic heterocycles. The Labute approximate surface area is 195 Å². The predicted octanol–water partition coefficient (Wildman–Crippen LogP) is 6.19. The van der Waals surface area contributed by atoms with Gasteiger partial charge in [-0.25, -0.2) is 0 Å². The third kappa shape index (κ3) is 5.69. The number of rotatable bonds is 7. The van der Waals surface area contributed by atoms with Crippen LogP contribution in [0.3, 0.4) is 0 Å². The van der Waals surface area contributed by atoms with Gasteiger partial charge in [0.25, 0.3) is 0 Å². The van der Waals surface area contributed by atoms with Crippen LogP contribution in [0.1, 0.15) is 71.4 Å². The number of fused-ring (bicyclic) bond motifs is 1. The van der Waals surface area contributed by atoms with Crippen LogP contribution in [0.4, 0.5) is 0 Å². The van der Waals surface area contributed by atoms with Crippen LogP contribution in [-0.4, -0.2) is 26.0 Å². The maximum Gasteiger partial charge on any atom is 0.391 e. The molecule has 0 aromatic heterocycles. The van der Waals surface area contributed by atoms with E-state index in [4.69, 9.17) is 0 Å². The summed E-state index contributed by atoms with van der Waals surface area (Å²) in [7, 11) is 0.343. The maximum atomic E-state index is 12.2. The summed E-state index contributed by atoms with van der Waals surface area (Å²) in [5.41, 5.74) is 3.37. The van der Waals surface area contributed by atoms with Gasteiger partial charge in [-0.2, -0.15) is 0 Å². The Bertz CT molecular complexity index is 624. The van der Waals surface area contributed by atoms with E-state index in [1.54, 1.807) is 5.56 Å². The van der Waals surface area contributed by atoms with Crippen LogP contribution in [0.5, 0.6) is 0 Å². The van der Waals surface area contributed by atoms with Crippen molar-refractivity contribution in [2.45, 2.75) is 84.2 Å². The van der Waals surface area contributed by atoms with E-state index in [1.165, 1.54) is 24.8 Å². The van der Waals surface area contributed by atoms with Gasteiger partial charge in [-0.15, -0.1) is 24.8 Å². The minimum atomic E-state index is -1.69. The molecule has 2 nitrogen and oxygen atoms in total. The maximum absolute atomic E-state index is 12.2. The molecule has 27 heavy (non-hydrogen) atoms. The molecule has 0 saturated carbocycles. The summed E-state index contributed by atoms with van der Waals surface area (Å²) < 4.78 is 14.3. The number of benzene rings is 1. The zero-order valence-electron chi connectivity index (χ0n) is 18.0. The topological polar surface area (TPSA) is 20.3 Å². The summed E-state index contributed by atoms with van der Waals surface area (Å²) in [6.45, 7) is 13.6. The van der Waals surface area contributed by atoms with E-state index in [0.29, 0.717) is 0 Å². The number of unbranched alkanes of at least 4 members (excludes halogenated alkanes) is 1. The molecule has 0 N–H and O–H groups in total. The van der Waals surface area contributed by atoms with Crippen molar-refractivity contribution in [3.8, 4) is 0 Å². The number of hydrogen-bond acceptors (Lipinski definition) is 1. The summed E-state index contributed by atoms with van der Waals surface area (Å²) in [6, 6.07) is 9.03. The third-order valence-electron chi connectivity index (χ3n) is 6.53. The van der Waals surface area contributed by atoms with Gasteiger partial charge in [0.2, 0.25) is 0 Å². The summed E-state index contributed by atoms with van der Waals surface area (Å²) in [4.78, 5) is 0. The Balaban J connectivity index is 0.